The largest absolute Gasteiger partial charge is 0.497 e. The van der Waals surface area contributed by atoms with Crippen LogP contribution in [0, 0.1) is 5.41 Å². The summed E-state index contributed by atoms with van der Waals surface area (Å²) < 4.78 is 54.0. The molecule has 1 amide bonds. The molecule has 15 heteroatoms. The Hall–Kier alpha value is -5.63. The molecule has 49 heavy (non-hydrogen) atoms. The number of hydrogen-bond acceptors (Lipinski definition) is 9. The zero-order chi connectivity index (χ0) is 34.7. The molecule has 3 heterocycles. The number of carbonyl (C=O) groups is 1. The first-order valence-corrected chi connectivity index (χ1v) is 15.4. The van der Waals surface area contributed by atoms with Crippen LogP contribution in [0.4, 0.5) is 24.7 Å². The number of fused-ring (bicyclic) bond motifs is 2. The van der Waals surface area contributed by atoms with Gasteiger partial charge in [0, 0.05) is 70.6 Å². The second kappa shape index (κ2) is 13.8. The number of methoxy groups -OCH3 is 1. The lowest BCUT2D eigenvalue weighted by Gasteiger charge is -2.35. The zero-order valence-corrected chi connectivity index (χ0v) is 26.9. The Labute approximate surface area is 283 Å². The first-order chi connectivity index (χ1) is 23.6. The number of nitrogens with zero attached hydrogens (tertiary/aromatic N) is 5. The van der Waals surface area contributed by atoms with E-state index in [9.17, 15) is 18.0 Å². The minimum atomic E-state index is -4.82. The number of allylic oxidation sites excluding steroid dienone is 1. The third-order valence-electron chi connectivity index (χ3n) is 8.15. The molecule has 0 atom stereocenters. The van der Waals surface area contributed by atoms with Crippen LogP contribution in [-0.2, 0) is 4.79 Å². The first-order valence-electron chi connectivity index (χ1n) is 15.0. The summed E-state index contributed by atoms with van der Waals surface area (Å²) in [5, 5.41) is 18.9. The van der Waals surface area contributed by atoms with Crippen molar-refractivity contribution in [2.45, 2.75) is 6.18 Å². The van der Waals surface area contributed by atoms with Gasteiger partial charge >= 0.3 is 6.18 Å². The van der Waals surface area contributed by atoms with Crippen LogP contribution >= 0.6 is 11.6 Å². The van der Waals surface area contributed by atoms with Crippen LogP contribution in [0.1, 0.15) is 0 Å². The van der Waals surface area contributed by atoms with Crippen LogP contribution in [0.2, 0.25) is 5.02 Å². The molecular weight excluding hydrogens is 661 g/mol. The molecule has 0 unspecified atom stereocenters. The second-order valence-electron chi connectivity index (χ2n) is 11.0. The van der Waals surface area contributed by atoms with Crippen LogP contribution in [0.3, 0.4) is 0 Å². The molecule has 3 N–H and O–H groups in total. The molecule has 6 rings (SSSR count). The lowest BCUT2D eigenvalue weighted by atomic mass is 9.99. The van der Waals surface area contributed by atoms with Crippen LogP contribution in [0.5, 0.6) is 11.5 Å². The van der Waals surface area contributed by atoms with E-state index in [0.29, 0.717) is 81.9 Å². The second-order valence-corrected chi connectivity index (χ2v) is 11.4. The van der Waals surface area contributed by atoms with Crippen molar-refractivity contribution >= 4 is 57.0 Å². The van der Waals surface area contributed by atoms with Gasteiger partial charge < -0.3 is 30.0 Å². The number of ether oxygens (including phenoxy) is 2. The number of H-pyrrole nitrogens is 1. The third kappa shape index (κ3) is 6.85. The average molecular weight is 691 g/mol. The van der Waals surface area contributed by atoms with E-state index in [1.54, 1.807) is 35.4 Å². The number of nitrogens with one attached hydrogen (secondary N) is 3. The Kier molecular flexibility index (Phi) is 9.40. The normalized spacial score (nSPS) is 14.1. The monoisotopic (exact) mass is 690 g/mol. The van der Waals surface area contributed by atoms with Crippen molar-refractivity contribution in [3.63, 3.8) is 0 Å². The number of carbonyl (C=O) groups excluding carboxylic acids is 1. The van der Waals surface area contributed by atoms with Gasteiger partial charge in [-0.15, -0.1) is 0 Å². The smallest absolute Gasteiger partial charge is 0.431 e. The van der Waals surface area contributed by atoms with E-state index in [-0.39, 0.29) is 17.3 Å². The fourth-order valence-corrected chi connectivity index (χ4v) is 5.92. The molecule has 0 saturated carbocycles. The summed E-state index contributed by atoms with van der Waals surface area (Å²) in [6.45, 7) is 5.08. The Morgan fingerprint density at radius 1 is 1.10 bits per heavy atom. The van der Waals surface area contributed by atoms with Gasteiger partial charge in [0.15, 0.2) is 0 Å². The van der Waals surface area contributed by atoms with E-state index in [1.165, 1.54) is 43.8 Å². The summed E-state index contributed by atoms with van der Waals surface area (Å²) in [6.07, 6.45) is 0.117. The van der Waals surface area contributed by atoms with E-state index < -0.39 is 24.1 Å². The Morgan fingerprint density at radius 2 is 1.86 bits per heavy atom. The van der Waals surface area contributed by atoms with Gasteiger partial charge in [-0.1, -0.05) is 18.2 Å². The summed E-state index contributed by atoms with van der Waals surface area (Å²) in [7, 11) is 1.46. The fourth-order valence-electron chi connectivity index (χ4n) is 5.66. The predicted molar refractivity (Wildman–Crippen MR) is 183 cm³/mol. The average Bonchev–Trinajstić information content (AvgIpc) is 3.59. The maximum absolute atomic E-state index is 14.3. The summed E-state index contributed by atoms with van der Waals surface area (Å²) in [6, 6.07) is 12.8. The van der Waals surface area contributed by atoms with Gasteiger partial charge in [0.25, 0.3) is 0 Å². The summed E-state index contributed by atoms with van der Waals surface area (Å²) in [5.74, 6) is 1.23. The zero-order valence-electron chi connectivity index (χ0n) is 26.1. The number of amides is 1. The Bertz CT molecular complexity index is 2070. The van der Waals surface area contributed by atoms with Gasteiger partial charge in [-0.3, -0.25) is 9.89 Å². The quantitative estimate of drug-likeness (QED) is 0.110. The van der Waals surface area contributed by atoms with Crippen molar-refractivity contribution in [3.05, 3.63) is 90.0 Å². The molecule has 1 aliphatic heterocycles. The van der Waals surface area contributed by atoms with Crippen LogP contribution in [0.25, 0.3) is 32.9 Å². The van der Waals surface area contributed by atoms with E-state index >= 15 is 0 Å². The van der Waals surface area contributed by atoms with Crippen LogP contribution < -0.4 is 19.7 Å². The van der Waals surface area contributed by atoms with E-state index in [1.807, 2.05) is 0 Å². The summed E-state index contributed by atoms with van der Waals surface area (Å²) in [4.78, 5) is 24.9. The van der Waals surface area contributed by atoms with Crippen molar-refractivity contribution in [1.29, 1.82) is 5.41 Å². The van der Waals surface area contributed by atoms with Gasteiger partial charge in [0.2, 0.25) is 5.91 Å². The standard InChI is InChI=1S/C34H30ClF3N8O3/c1-3-30(47)45-10-12-46(13-11-45)33-24-14-26(35)23(15-28(24)40-19-41-33)31-25-17-42-44-27(25)8-9-29(31)49-18-20(16-39)32(34(36,37)38)43-21-4-6-22(48-2)7-5-21/h3-9,14-17,19,39,43H,1,10-13,18H2,2H3,(H,42,44)/b32-20+,39-16?. The lowest BCUT2D eigenvalue weighted by Crippen LogP contribution is -2.48. The highest BCUT2D eigenvalue weighted by Gasteiger charge is 2.37. The van der Waals surface area contributed by atoms with E-state index in [0.717, 1.165) is 0 Å². The lowest BCUT2D eigenvalue weighted by molar-refractivity contribution is -0.126. The summed E-state index contributed by atoms with van der Waals surface area (Å²) in [5.41, 5.74) is 0.798. The molecule has 0 spiro atoms. The molecule has 11 nitrogen and oxygen atoms in total. The van der Waals surface area contributed by atoms with Crippen LogP contribution in [-0.4, -0.2) is 83.3 Å². The van der Waals surface area contributed by atoms with Crippen molar-refractivity contribution in [1.82, 2.24) is 25.1 Å². The number of piperazine rings is 1. The van der Waals surface area contributed by atoms with Gasteiger partial charge in [0.1, 0.15) is 35.9 Å². The number of benzene rings is 3. The number of hydrogen-bond donors (Lipinski definition) is 3. The molecule has 1 saturated heterocycles. The number of anilines is 2. The van der Waals surface area contributed by atoms with Crippen molar-refractivity contribution < 1.29 is 27.4 Å². The maximum Gasteiger partial charge on any atom is 0.431 e. The minimum absolute atomic E-state index is 0.127. The highest BCUT2D eigenvalue weighted by molar-refractivity contribution is 6.35. The SMILES string of the molecule is C=CC(=O)N1CCN(c2ncnc3cc(-c4c(OC/C(C=N)=C(/Nc5ccc(OC)cc5)C(F)(F)F)ccc5[nH]ncc45)c(Cl)cc23)CC1. The number of aromatic amines is 1. The first kappa shape index (κ1) is 33.3. The predicted octanol–water partition coefficient (Wildman–Crippen LogP) is 6.63. The fraction of sp³-hybridized carbons (Fsp3) is 0.206. The Morgan fingerprint density at radius 3 is 2.53 bits per heavy atom. The number of rotatable bonds is 10. The van der Waals surface area contributed by atoms with Crippen molar-refractivity contribution in [2.75, 3.05) is 50.1 Å². The maximum atomic E-state index is 14.3. The summed E-state index contributed by atoms with van der Waals surface area (Å²) >= 11 is 6.95. The van der Waals surface area contributed by atoms with Gasteiger partial charge in [-0.05, 0) is 54.6 Å². The molecule has 0 radical (unpaired) electrons. The molecule has 5 aromatic rings. The molecule has 252 valence electrons. The molecular formula is C34H30ClF3N8O3. The van der Waals surface area contributed by atoms with Crippen LogP contribution in [0.15, 0.2) is 85.0 Å². The highest BCUT2D eigenvalue weighted by Crippen LogP contribution is 2.43. The molecule has 3 aromatic carbocycles. The Balaban J connectivity index is 1.36. The van der Waals surface area contributed by atoms with Gasteiger partial charge in [0.05, 0.1) is 24.3 Å². The van der Waals surface area contributed by atoms with Gasteiger partial charge in [-0.2, -0.15) is 18.3 Å². The molecule has 2 aromatic heterocycles. The molecule has 1 fully saturated rings. The molecule has 0 bridgehead atoms. The van der Waals surface area contributed by atoms with E-state index in [2.05, 4.69) is 37.0 Å². The molecule has 0 aliphatic carbocycles. The number of halogens is 4. The van der Waals surface area contributed by atoms with Crippen molar-refractivity contribution in [2.24, 2.45) is 0 Å². The number of aromatic nitrogens is 4. The minimum Gasteiger partial charge on any atom is -0.497 e. The molecule has 1 aliphatic rings. The topological polar surface area (TPSA) is 132 Å². The van der Waals surface area contributed by atoms with E-state index in [4.69, 9.17) is 26.5 Å². The van der Waals surface area contributed by atoms with Gasteiger partial charge in [-0.25, -0.2) is 9.97 Å². The van der Waals surface area contributed by atoms with Crippen molar-refractivity contribution in [3.8, 4) is 22.6 Å². The third-order valence-corrected chi connectivity index (χ3v) is 8.46. The highest BCUT2D eigenvalue weighted by atomic mass is 35.5. The number of alkyl halides is 3.